The Morgan fingerprint density at radius 2 is 1.29 bits per heavy atom. The third kappa shape index (κ3) is 7.66. The number of esters is 2. The van der Waals surface area contributed by atoms with E-state index in [9.17, 15) is 29.4 Å². The molecule has 194 valence electrons. The fourth-order valence-corrected chi connectivity index (χ4v) is 3.22. The quantitative estimate of drug-likeness (QED) is 0.173. The molecule has 0 fully saturated rings. The highest BCUT2D eigenvalue weighted by atomic mass is 16.6. The molecular formula is C29H24O9. The molecule has 3 rings (SSSR count). The molecule has 0 radical (unpaired) electrons. The normalized spacial score (nSPS) is 10.9. The van der Waals surface area contributed by atoms with Crippen molar-refractivity contribution < 1.29 is 43.6 Å². The lowest BCUT2D eigenvalue weighted by molar-refractivity contribution is -0.132. The van der Waals surface area contributed by atoms with E-state index in [1.54, 1.807) is 24.3 Å². The minimum atomic E-state index is -0.863. The summed E-state index contributed by atoms with van der Waals surface area (Å²) in [5, 5.41) is 19.7. The van der Waals surface area contributed by atoms with Crippen LogP contribution in [0.1, 0.15) is 34.8 Å². The van der Waals surface area contributed by atoms with Crippen LogP contribution in [0.3, 0.4) is 0 Å². The first kappa shape index (κ1) is 27.4. The van der Waals surface area contributed by atoms with Gasteiger partial charge in [-0.15, -0.1) is 0 Å². The molecule has 2 N–H and O–H groups in total. The third-order valence-electron chi connectivity index (χ3n) is 5.02. The van der Waals surface area contributed by atoms with E-state index >= 15 is 0 Å². The van der Waals surface area contributed by atoms with Crippen molar-refractivity contribution in [1.82, 2.24) is 0 Å². The molecule has 3 aromatic carbocycles. The van der Waals surface area contributed by atoms with Crippen LogP contribution < -0.4 is 14.2 Å². The van der Waals surface area contributed by atoms with Crippen LogP contribution in [0.2, 0.25) is 0 Å². The highest BCUT2D eigenvalue weighted by Gasteiger charge is 2.17. The van der Waals surface area contributed by atoms with Crippen molar-refractivity contribution in [2.45, 2.75) is 13.3 Å². The number of phenolic OH excluding ortho intramolecular Hbond substituents is 2. The molecule has 0 saturated carbocycles. The van der Waals surface area contributed by atoms with E-state index in [0.29, 0.717) is 11.1 Å². The zero-order valence-corrected chi connectivity index (χ0v) is 20.5. The summed E-state index contributed by atoms with van der Waals surface area (Å²) >= 11 is 0. The largest absolute Gasteiger partial charge is 0.504 e. The van der Waals surface area contributed by atoms with Crippen molar-refractivity contribution in [2.24, 2.45) is 0 Å². The van der Waals surface area contributed by atoms with E-state index < -0.39 is 23.5 Å². The average molecular weight is 517 g/mol. The third-order valence-corrected chi connectivity index (χ3v) is 5.02. The Labute approximate surface area is 218 Å². The molecule has 0 spiro atoms. The van der Waals surface area contributed by atoms with E-state index in [4.69, 9.17) is 14.2 Å². The van der Waals surface area contributed by atoms with Gasteiger partial charge in [0.2, 0.25) is 0 Å². The molecule has 0 aliphatic carbocycles. The molecule has 0 amide bonds. The summed E-state index contributed by atoms with van der Waals surface area (Å²) in [4.78, 5) is 48.3. The molecule has 0 aromatic heterocycles. The number of aromatic hydroxyl groups is 2. The minimum absolute atomic E-state index is 0.00871. The summed E-state index contributed by atoms with van der Waals surface area (Å²) in [6.07, 6.45) is 4.98. The van der Waals surface area contributed by atoms with E-state index in [-0.39, 0.29) is 40.7 Å². The summed E-state index contributed by atoms with van der Waals surface area (Å²) in [6.45, 7) is 1.20. The number of rotatable bonds is 10. The van der Waals surface area contributed by atoms with Crippen LogP contribution in [0, 0.1) is 0 Å². The molecule has 3 aromatic rings. The summed E-state index contributed by atoms with van der Waals surface area (Å²) in [7, 11) is 1.41. The molecular weight excluding hydrogens is 492 g/mol. The van der Waals surface area contributed by atoms with Gasteiger partial charge in [-0.25, -0.2) is 4.79 Å². The maximum atomic E-state index is 12.6. The van der Waals surface area contributed by atoms with Gasteiger partial charge in [0.25, 0.3) is 0 Å². The van der Waals surface area contributed by atoms with Gasteiger partial charge in [0.15, 0.2) is 34.6 Å². The molecule has 38 heavy (non-hydrogen) atoms. The molecule has 0 unspecified atom stereocenters. The van der Waals surface area contributed by atoms with Gasteiger partial charge in [-0.05, 0) is 59.7 Å². The second-order valence-electron chi connectivity index (χ2n) is 7.91. The highest BCUT2D eigenvalue weighted by Crippen LogP contribution is 2.30. The molecule has 9 heteroatoms. The van der Waals surface area contributed by atoms with E-state index in [2.05, 4.69) is 0 Å². The van der Waals surface area contributed by atoms with Crippen molar-refractivity contribution in [3.63, 3.8) is 0 Å². The number of ketones is 2. The topological polar surface area (TPSA) is 136 Å². The summed E-state index contributed by atoms with van der Waals surface area (Å²) in [5.74, 6) is -2.64. The molecule has 0 heterocycles. The lowest BCUT2D eigenvalue weighted by Gasteiger charge is -2.10. The Morgan fingerprint density at radius 1 is 0.737 bits per heavy atom. The minimum Gasteiger partial charge on any atom is -0.504 e. The number of ether oxygens (including phenoxy) is 3. The summed E-state index contributed by atoms with van der Waals surface area (Å²) in [5.41, 5.74) is 1.01. The van der Waals surface area contributed by atoms with Gasteiger partial charge < -0.3 is 24.4 Å². The van der Waals surface area contributed by atoms with Gasteiger partial charge in [0.1, 0.15) is 11.3 Å². The zero-order valence-electron chi connectivity index (χ0n) is 20.5. The number of hydrogen-bond donors (Lipinski definition) is 2. The van der Waals surface area contributed by atoms with Crippen LogP contribution >= 0.6 is 0 Å². The molecule has 0 atom stereocenters. The predicted octanol–water partition coefficient (Wildman–Crippen LogP) is 4.51. The van der Waals surface area contributed by atoms with Gasteiger partial charge in [0.05, 0.1) is 13.5 Å². The van der Waals surface area contributed by atoms with Crippen LogP contribution in [-0.4, -0.2) is 40.8 Å². The van der Waals surface area contributed by atoms with Crippen molar-refractivity contribution in [1.29, 1.82) is 0 Å². The van der Waals surface area contributed by atoms with E-state index in [0.717, 1.165) is 0 Å². The van der Waals surface area contributed by atoms with Crippen LogP contribution in [0.4, 0.5) is 0 Å². The van der Waals surface area contributed by atoms with Gasteiger partial charge in [0, 0.05) is 6.92 Å². The first-order chi connectivity index (χ1) is 18.2. The highest BCUT2D eigenvalue weighted by molar-refractivity contribution is 6.11. The number of phenols is 2. The fraction of sp³-hybridized carbons (Fsp3) is 0.103. The Kier molecular flexibility index (Phi) is 9.15. The van der Waals surface area contributed by atoms with Gasteiger partial charge in [-0.1, -0.05) is 36.4 Å². The second-order valence-corrected chi connectivity index (χ2v) is 7.91. The molecule has 0 aliphatic rings. The van der Waals surface area contributed by atoms with Crippen molar-refractivity contribution in [3.05, 3.63) is 89.5 Å². The number of carbonyl (C=O) groups is 4. The number of methoxy groups -OCH3 is 1. The molecule has 0 aliphatic heterocycles. The van der Waals surface area contributed by atoms with Crippen LogP contribution in [0.5, 0.6) is 28.7 Å². The van der Waals surface area contributed by atoms with Crippen molar-refractivity contribution >= 4 is 35.7 Å². The number of benzene rings is 3. The number of allylic oxidation sites excluding steroid dienone is 2. The van der Waals surface area contributed by atoms with Gasteiger partial charge in [-0.3, -0.25) is 14.4 Å². The summed E-state index contributed by atoms with van der Waals surface area (Å²) in [6, 6.07) is 14.7. The van der Waals surface area contributed by atoms with E-state index in [1.165, 1.54) is 74.7 Å². The molecule has 0 saturated heterocycles. The molecule has 0 bridgehead atoms. The second kappa shape index (κ2) is 12.7. The first-order valence-corrected chi connectivity index (χ1v) is 11.3. The Hall–Kier alpha value is -5.18. The van der Waals surface area contributed by atoms with E-state index in [1.807, 2.05) is 0 Å². The Balaban J connectivity index is 1.64. The lowest BCUT2D eigenvalue weighted by Crippen LogP contribution is -2.12. The maximum absolute atomic E-state index is 12.6. The number of para-hydroxylation sites is 1. The molecule has 9 nitrogen and oxygen atoms in total. The summed E-state index contributed by atoms with van der Waals surface area (Å²) < 4.78 is 15.3. The predicted molar refractivity (Wildman–Crippen MR) is 138 cm³/mol. The van der Waals surface area contributed by atoms with Crippen molar-refractivity contribution in [2.75, 3.05) is 7.11 Å². The number of hydrogen-bond acceptors (Lipinski definition) is 9. The number of carbonyl (C=O) groups excluding carboxylic acids is 4. The zero-order chi connectivity index (χ0) is 27.7. The van der Waals surface area contributed by atoms with Crippen molar-refractivity contribution in [3.8, 4) is 28.7 Å². The van der Waals surface area contributed by atoms with Gasteiger partial charge >= 0.3 is 11.9 Å². The average Bonchev–Trinajstić information content (AvgIpc) is 2.88. The Bertz CT molecular complexity index is 1430. The smallest absolute Gasteiger partial charge is 0.347 e. The van der Waals surface area contributed by atoms with Crippen LogP contribution in [0.25, 0.3) is 12.2 Å². The monoisotopic (exact) mass is 516 g/mol. The van der Waals surface area contributed by atoms with Crippen LogP contribution in [0.15, 0.2) is 72.8 Å². The maximum Gasteiger partial charge on any atom is 0.347 e. The first-order valence-electron chi connectivity index (χ1n) is 11.3. The standard InChI is InChI=1S/C29H24O9/c1-18(30)37-26-6-4-3-5-23(26)29(35)38-28-16-20(10-14-25(28)34)8-12-22(32)17-21(31)11-7-19-9-13-24(33)27(15-19)36-2/h3-16,33-34H,17H2,1-2H3/b11-7+,12-8+. The Morgan fingerprint density at radius 3 is 1.87 bits per heavy atom. The fourth-order valence-electron chi connectivity index (χ4n) is 3.22. The SMILES string of the molecule is COc1cc(/C=C/C(=O)CC(=O)/C=C/c2ccc(O)c(OC(=O)c3ccccc3OC(C)=O)c2)ccc1O. The van der Waals surface area contributed by atoms with Crippen LogP contribution in [-0.2, 0) is 14.4 Å². The van der Waals surface area contributed by atoms with Gasteiger partial charge in [-0.2, -0.15) is 0 Å². The lowest BCUT2D eigenvalue weighted by atomic mass is 10.1.